The Kier molecular flexibility index (Phi) is 4.72. The number of aromatic amines is 1. The minimum Gasteiger partial charge on any atom is -0.370 e. The fourth-order valence-corrected chi connectivity index (χ4v) is 6.01. The van der Waals surface area contributed by atoms with Crippen molar-refractivity contribution in [1.29, 1.82) is 0 Å². The highest BCUT2D eigenvalue weighted by molar-refractivity contribution is 5.92. The van der Waals surface area contributed by atoms with Crippen LogP contribution in [-0.4, -0.2) is 64.5 Å². The van der Waals surface area contributed by atoms with Gasteiger partial charge >= 0.3 is 0 Å². The van der Waals surface area contributed by atoms with Crippen molar-refractivity contribution in [2.75, 3.05) is 31.6 Å². The minimum absolute atomic E-state index is 0.00933. The largest absolute Gasteiger partial charge is 0.370 e. The lowest BCUT2D eigenvalue weighted by molar-refractivity contribution is 0.0958. The maximum atomic E-state index is 12.6. The van der Waals surface area contributed by atoms with E-state index in [1.807, 2.05) is 30.3 Å². The Labute approximate surface area is 192 Å². The number of nitrogens with zero attached hydrogens (tertiary/aromatic N) is 4. The third-order valence-electron chi connectivity index (χ3n) is 7.83. The zero-order chi connectivity index (χ0) is 22.6. The third kappa shape index (κ3) is 3.31. The second-order valence-electron chi connectivity index (χ2n) is 9.65. The van der Waals surface area contributed by atoms with Crippen molar-refractivity contribution in [1.82, 2.24) is 25.2 Å². The first-order valence-electron chi connectivity index (χ1n) is 11.7. The molecule has 0 atom stereocenters. The lowest BCUT2D eigenvalue weighted by atomic mass is 9.69. The van der Waals surface area contributed by atoms with Crippen molar-refractivity contribution in [3.8, 4) is 0 Å². The Hall–Kier alpha value is -3.26. The highest BCUT2D eigenvalue weighted by Gasteiger charge is 2.58. The Balaban J connectivity index is 1.13. The van der Waals surface area contributed by atoms with Gasteiger partial charge in [-0.3, -0.25) is 14.5 Å². The number of piperidine rings is 1. The molecule has 2 bridgehead atoms. The van der Waals surface area contributed by atoms with Gasteiger partial charge in [-0.2, -0.15) is 0 Å². The van der Waals surface area contributed by atoms with Gasteiger partial charge in [0.1, 0.15) is 11.5 Å². The fourth-order valence-electron chi connectivity index (χ4n) is 6.01. The van der Waals surface area contributed by atoms with E-state index in [2.05, 4.69) is 25.1 Å². The van der Waals surface area contributed by atoms with Crippen LogP contribution in [0.1, 0.15) is 42.0 Å². The average Bonchev–Trinajstić information content (AvgIpc) is 3.41. The Morgan fingerprint density at radius 2 is 1.91 bits per heavy atom. The number of aromatic nitrogens is 3. The molecule has 5 heterocycles. The van der Waals surface area contributed by atoms with E-state index in [-0.39, 0.29) is 16.9 Å². The van der Waals surface area contributed by atoms with E-state index >= 15 is 0 Å². The number of rotatable bonds is 4. The summed E-state index contributed by atoms with van der Waals surface area (Å²) in [6.45, 7) is 2.94. The molecule has 3 saturated heterocycles. The molecule has 0 radical (unpaired) electrons. The van der Waals surface area contributed by atoms with Gasteiger partial charge in [0.15, 0.2) is 0 Å². The number of nitrogens with one attached hydrogen (secondary N) is 2. The van der Waals surface area contributed by atoms with Gasteiger partial charge in [-0.25, -0.2) is 9.97 Å². The number of amides is 1. The summed E-state index contributed by atoms with van der Waals surface area (Å²) >= 11 is 0. The second kappa shape index (κ2) is 7.66. The van der Waals surface area contributed by atoms with E-state index in [1.54, 1.807) is 19.3 Å². The summed E-state index contributed by atoms with van der Waals surface area (Å²) in [6.07, 6.45) is 6.17. The number of hydrogen-bond acceptors (Lipinski definition) is 6. The Bertz CT molecular complexity index is 1260. The first kappa shape index (κ1) is 20.4. The molecule has 170 valence electrons. The molecule has 4 aliphatic rings. The van der Waals surface area contributed by atoms with Crippen molar-refractivity contribution in [3.05, 3.63) is 64.5 Å². The van der Waals surface area contributed by atoms with Crippen LogP contribution in [0.25, 0.3) is 10.9 Å². The Morgan fingerprint density at radius 3 is 2.64 bits per heavy atom. The maximum absolute atomic E-state index is 12.6. The standard InChI is InChI=1S/C25H28N6O2/c1-26-23(33)21-7-6-17(14-27-21)30-10-8-16(9-11-30)31-15-25(12-18(31)13-25)24-28-20-5-3-2-4-19(20)22(32)29-24/h2-7,14,16,18H,8-13,15H2,1H3,(H,26,33)(H,28,29,32). The van der Waals surface area contributed by atoms with E-state index in [4.69, 9.17) is 4.98 Å². The number of H-pyrrole nitrogens is 1. The predicted octanol–water partition coefficient (Wildman–Crippen LogP) is 2.06. The number of fused-ring (bicyclic) bond motifs is 2. The van der Waals surface area contributed by atoms with Gasteiger partial charge in [0.2, 0.25) is 0 Å². The van der Waals surface area contributed by atoms with Crippen LogP contribution in [0.15, 0.2) is 47.4 Å². The van der Waals surface area contributed by atoms with E-state index in [1.165, 1.54) is 0 Å². The number of hydrogen-bond donors (Lipinski definition) is 2. The van der Waals surface area contributed by atoms with Crippen LogP contribution < -0.4 is 15.8 Å². The summed E-state index contributed by atoms with van der Waals surface area (Å²) in [5.74, 6) is 0.703. The van der Waals surface area contributed by atoms with Gasteiger partial charge in [-0.05, 0) is 49.9 Å². The average molecular weight is 445 g/mol. The van der Waals surface area contributed by atoms with Crippen LogP contribution in [-0.2, 0) is 5.41 Å². The highest BCUT2D eigenvalue weighted by atomic mass is 16.1. The molecular weight excluding hydrogens is 416 g/mol. The summed E-state index contributed by atoms with van der Waals surface area (Å²) in [7, 11) is 1.61. The lowest BCUT2D eigenvalue weighted by Gasteiger charge is -2.40. The van der Waals surface area contributed by atoms with Gasteiger partial charge in [0, 0.05) is 44.2 Å². The minimum atomic E-state index is -0.163. The van der Waals surface area contributed by atoms with Crippen molar-refractivity contribution in [2.45, 2.75) is 43.2 Å². The first-order chi connectivity index (χ1) is 16.1. The van der Waals surface area contributed by atoms with Gasteiger partial charge in [-0.1, -0.05) is 12.1 Å². The normalized spacial score (nSPS) is 25.2. The molecule has 0 unspecified atom stereocenters. The number of carbonyl (C=O) groups is 1. The molecule has 3 aromatic rings. The van der Waals surface area contributed by atoms with Gasteiger partial charge in [0.05, 0.1) is 22.8 Å². The number of carbonyl (C=O) groups excluding carboxylic acids is 1. The summed E-state index contributed by atoms with van der Waals surface area (Å²) < 4.78 is 0. The molecule has 4 fully saturated rings. The van der Waals surface area contributed by atoms with Crippen LogP contribution in [0.4, 0.5) is 5.69 Å². The van der Waals surface area contributed by atoms with Gasteiger partial charge < -0.3 is 15.2 Å². The topological polar surface area (TPSA) is 94.2 Å². The van der Waals surface area contributed by atoms with E-state index in [0.29, 0.717) is 23.2 Å². The molecule has 1 aromatic carbocycles. The van der Waals surface area contributed by atoms with Crippen LogP contribution in [0.2, 0.25) is 0 Å². The third-order valence-corrected chi connectivity index (χ3v) is 7.83. The zero-order valence-corrected chi connectivity index (χ0v) is 18.8. The Morgan fingerprint density at radius 1 is 1.12 bits per heavy atom. The molecule has 2 N–H and O–H groups in total. The summed E-state index contributed by atoms with van der Waals surface area (Å²) in [5, 5.41) is 3.27. The van der Waals surface area contributed by atoms with Gasteiger partial charge in [0.25, 0.3) is 11.5 Å². The van der Waals surface area contributed by atoms with E-state index in [9.17, 15) is 9.59 Å². The quantitative estimate of drug-likeness (QED) is 0.640. The molecule has 7 rings (SSSR count). The summed E-state index contributed by atoms with van der Waals surface area (Å²) in [4.78, 5) is 41.6. The zero-order valence-electron chi connectivity index (χ0n) is 18.8. The van der Waals surface area contributed by atoms with Crippen molar-refractivity contribution < 1.29 is 4.79 Å². The first-order valence-corrected chi connectivity index (χ1v) is 11.7. The number of pyridine rings is 1. The summed E-state index contributed by atoms with van der Waals surface area (Å²) in [5.41, 5.74) is 2.26. The van der Waals surface area contributed by atoms with Crippen LogP contribution >= 0.6 is 0 Å². The molecule has 1 saturated carbocycles. The van der Waals surface area contributed by atoms with Crippen molar-refractivity contribution in [3.63, 3.8) is 0 Å². The maximum Gasteiger partial charge on any atom is 0.269 e. The highest BCUT2D eigenvalue weighted by Crippen LogP contribution is 2.53. The second-order valence-corrected chi connectivity index (χ2v) is 9.65. The molecule has 1 amide bonds. The molecule has 1 aliphatic carbocycles. The number of benzene rings is 1. The smallest absolute Gasteiger partial charge is 0.269 e. The molecule has 3 aliphatic heterocycles. The van der Waals surface area contributed by atoms with Crippen molar-refractivity contribution in [2.24, 2.45) is 0 Å². The fraction of sp³-hybridized carbons (Fsp3) is 0.440. The molecule has 2 aromatic heterocycles. The van der Waals surface area contributed by atoms with Crippen LogP contribution in [0, 0.1) is 0 Å². The molecule has 0 spiro atoms. The van der Waals surface area contributed by atoms with E-state index in [0.717, 1.165) is 62.3 Å². The molecule has 33 heavy (non-hydrogen) atoms. The molecule has 8 nitrogen and oxygen atoms in total. The lowest BCUT2D eigenvalue weighted by Crippen LogP contribution is -2.46. The van der Waals surface area contributed by atoms with Crippen LogP contribution in [0.5, 0.6) is 0 Å². The molecule has 8 heteroatoms. The van der Waals surface area contributed by atoms with E-state index < -0.39 is 0 Å². The van der Waals surface area contributed by atoms with Gasteiger partial charge in [-0.15, -0.1) is 0 Å². The summed E-state index contributed by atoms with van der Waals surface area (Å²) in [6, 6.07) is 12.5. The number of para-hydroxylation sites is 1. The van der Waals surface area contributed by atoms with Crippen LogP contribution in [0.3, 0.4) is 0 Å². The predicted molar refractivity (Wildman–Crippen MR) is 127 cm³/mol. The SMILES string of the molecule is CNC(=O)c1ccc(N2CCC(N3CC4(c5nc6ccccc6c(=O)[nH]5)CC3C4)CC2)cn1. The van der Waals surface area contributed by atoms with Crippen molar-refractivity contribution >= 4 is 22.5 Å². The molecular formula is C25H28N6O2. The number of anilines is 1. The monoisotopic (exact) mass is 444 g/mol.